The summed E-state index contributed by atoms with van der Waals surface area (Å²) in [5.74, 6) is -0.123. The minimum absolute atomic E-state index is 0.0667. The molecule has 4 heteroatoms. The van der Waals surface area contributed by atoms with Crippen molar-refractivity contribution in [3.8, 4) is 0 Å². The molecule has 0 saturated carbocycles. The van der Waals surface area contributed by atoms with Crippen LogP contribution < -0.4 is 0 Å². The monoisotopic (exact) mass is 256 g/mol. The highest BCUT2D eigenvalue weighted by atomic mass is 16.5. The summed E-state index contributed by atoms with van der Waals surface area (Å²) in [6.07, 6.45) is 0.466. The van der Waals surface area contributed by atoms with Crippen LogP contribution in [0.1, 0.15) is 41.0 Å². The highest BCUT2D eigenvalue weighted by molar-refractivity contribution is 5.70. The van der Waals surface area contributed by atoms with E-state index in [2.05, 4.69) is 51.5 Å². The molecule has 0 aromatic carbocycles. The molecule has 1 aliphatic rings. The van der Waals surface area contributed by atoms with Crippen molar-refractivity contribution in [1.29, 1.82) is 0 Å². The van der Waals surface area contributed by atoms with Crippen molar-refractivity contribution >= 4 is 5.97 Å². The quantitative estimate of drug-likeness (QED) is 0.705. The smallest absolute Gasteiger partial charge is 0.307 e. The number of piperazine rings is 1. The van der Waals surface area contributed by atoms with Gasteiger partial charge in [0, 0.05) is 30.2 Å². The maximum absolute atomic E-state index is 11.6. The Morgan fingerprint density at radius 2 is 1.94 bits per heavy atom. The summed E-state index contributed by atoms with van der Waals surface area (Å²) in [4.78, 5) is 16.3. The summed E-state index contributed by atoms with van der Waals surface area (Å²) in [5.41, 5.74) is 0.205. The third kappa shape index (κ3) is 3.45. The first-order valence-electron chi connectivity index (χ1n) is 6.63. The Bertz CT molecular complexity index is 307. The van der Waals surface area contributed by atoms with Gasteiger partial charge in [-0.15, -0.1) is 0 Å². The molecular formula is C14H28N2O2. The number of rotatable bonds is 2. The lowest BCUT2D eigenvalue weighted by atomic mass is 9.90. The molecule has 1 fully saturated rings. The van der Waals surface area contributed by atoms with E-state index >= 15 is 0 Å². The number of carbonyl (C=O) groups is 1. The molecule has 0 N–H and O–H groups in total. The van der Waals surface area contributed by atoms with Gasteiger partial charge in [-0.05, 0) is 41.7 Å². The van der Waals surface area contributed by atoms with E-state index in [0.717, 1.165) is 13.1 Å². The van der Waals surface area contributed by atoms with E-state index in [0.29, 0.717) is 6.42 Å². The zero-order valence-electron chi connectivity index (χ0n) is 12.9. The van der Waals surface area contributed by atoms with E-state index in [9.17, 15) is 4.79 Å². The normalized spacial score (nSPS) is 26.1. The standard InChI is InChI=1S/C14H28N2O2/c1-13(2,3)16-10-14(4,5)15(6)9-11(16)8-12(17)18-7/h11H,8-10H2,1-7H3. The number of esters is 1. The van der Waals surface area contributed by atoms with Crippen molar-refractivity contribution in [3.05, 3.63) is 0 Å². The molecule has 0 bridgehead atoms. The highest BCUT2D eigenvalue weighted by Crippen LogP contribution is 2.30. The third-order valence-electron chi connectivity index (χ3n) is 4.01. The van der Waals surface area contributed by atoms with Crippen molar-refractivity contribution in [3.63, 3.8) is 0 Å². The van der Waals surface area contributed by atoms with Crippen LogP contribution in [-0.4, -0.2) is 60.1 Å². The van der Waals surface area contributed by atoms with Crippen LogP contribution in [0.2, 0.25) is 0 Å². The minimum atomic E-state index is -0.123. The van der Waals surface area contributed by atoms with Crippen LogP contribution >= 0.6 is 0 Å². The fourth-order valence-electron chi connectivity index (χ4n) is 2.56. The SMILES string of the molecule is COC(=O)CC1CN(C)C(C)(C)CN1C(C)(C)C. The molecule has 0 aliphatic carbocycles. The van der Waals surface area contributed by atoms with E-state index in [1.165, 1.54) is 7.11 Å². The van der Waals surface area contributed by atoms with Crippen LogP contribution in [0.4, 0.5) is 0 Å². The first-order valence-corrected chi connectivity index (χ1v) is 6.63. The Morgan fingerprint density at radius 1 is 1.39 bits per heavy atom. The van der Waals surface area contributed by atoms with Crippen molar-refractivity contribution in [2.24, 2.45) is 0 Å². The number of ether oxygens (including phenoxy) is 1. The van der Waals surface area contributed by atoms with Crippen LogP contribution in [0.15, 0.2) is 0 Å². The lowest BCUT2D eigenvalue weighted by Crippen LogP contribution is -2.66. The summed E-state index contributed by atoms with van der Waals surface area (Å²) in [6, 6.07) is 0.232. The summed E-state index contributed by atoms with van der Waals surface area (Å²) < 4.78 is 4.82. The Balaban J connectivity index is 2.89. The van der Waals surface area contributed by atoms with Gasteiger partial charge in [-0.1, -0.05) is 0 Å². The average molecular weight is 256 g/mol. The maximum Gasteiger partial charge on any atom is 0.307 e. The number of hydrogen-bond acceptors (Lipinski definition) is 4. The molecule has 0 radical (unpaired) electrons. The summed E-state index contributed by atoms with van der Waals surface area (Å²) >= 11 is 0. The molecule has 1 heterocycles. The molecule has 0 aromatic heterocycles. The van der Waals surface area contributed by atoms with Crippen LogP contribution in [0.3, 0.4) is 0 Å². The molecule has 1 saturated heterocycles. The minimum Gasteiger partial charge on any atom is -0.469 e. The van der Waals surface area contributed by atoms with Crippen molar-refractivity contribution < 1.29 is 9.53 Å². The van der Waals surface area contributed by atoms with Gasteiger partial charge >= 0.3 is 5.97 Å². The molecule has 1 atom stereocenters. The Hall–Kier alpha value is -0.610. The van der Waals surface area contributed by atoms with E-state index in [-0.39, 0.29) is 23.1 Å². The first kappa shape index (κ1) is 15.4. The van der Waals surface area contributed by atoms with Gasteiger partial charge in [-0.3, -0.25) is 14.6 Å². The zero-order valence-corrected chi connectivity index (χ0v) is 12.9. The van der Waals surface area contributed by atoms with E-state index < -0.39 is 0 Å². The van der Waals surface area contributed by atoms with Crippen molar-refractivity contribution in [1.82, 2.24) is 9.80 Å². The largest absolute Gasteiger partial charge is 0.469 e. The number of likely N-dealkylation sites (N-methyl/N-ethyl adjacent to an activating group) is 1. The fourth-order valence-corrected chi connectivity index (χ4v) is 2.56. The van der Waals surface area contributed by atoms with Gasteiger partial charge in [-0.2, -0.15) is 0 Å². The second-order valence-corrected chi connectivity index (χ2v) is 6.93. The zero-order chi connectivity index (χ0) is 14.1. The number of hydrogen-bond donors (Lipinski definition) is 0. The van der Waals surface area contributed by atoms with E-state index in [1.54, 1.807) is 0 Å². The van der Waals surface area contributed by atoms with Crippen LogP contribution in [0.5, 0.6) is 0 Å². The number of nitrogens with zero attached hydrogens (tertiary/aromatic N) is 2. The average Bonchev–Trinajstić information content (AvgIpc) is 2.21. The van der Waals surface area contributed by atoms with Crippen molar-refractivity contribution in [2.45, 2.75) is 58.2 Å². The second-order valence-electron chi connectivity index (χ2n) is 6.93. The maximum atomic E-state index is 11.6. The van der Waals surface area contributed by atoms with E-state index in [4.69, 9.17) is 4.74 Å². The molecular weight excluding hydrogens is 228 g/mol. The van der Waals surface area contributed by atoms with E-state index in [1.807, 2.05) is 0 Å². The van der Waals surface area contributed by atoms with Gasteiger partial charge in [0.05, 0.1) is 13.5 Å². The van der Waals surface area contributed by atoms with Crippen LogP contribution in [0.25, 0.3) is 0 Å². The van der Waals surface area contributed by atoms with Gasteiger partial charge in [0.15, 0.2) is 0 Å². The Kier molecular flexibility index (Phi) is 4.44. The van der Waals surface area contributed by atoms with Gasteiger partial charge in [0.1, 0.15) is 0 Å². The molecule has 106 valence electrons. The first-order chi connectivity index (χ1) is 8.08. The lowest BCUT2D eigenvalue weighted by molar-refractivity contribution is -0.144. The molecule has 4 nitrogen and oxygen atoms in total. The fraction of sp³-hybridized carbons (Fsp3) is 0.929. The molecule has 1 aliphatic heterocycles. The predicted molar refractivity (Wildman–Crippen MR) is 73.6 cm³/mol. The molecule has 0 spiro atoms. The molecule has 0 aromatic rings. The van der Waals surface area contributed by atoms with Gasteiger partial charge in [0.2, 0.25) is 0 Å². The second kappa shape index (κ2) is 5.17. The summed E-state index contributed by atoms with van der Waals surface area (Å²) in [5, 5.41) is 0. The molecule has 1 rings (SSSR count). The summed E-state index contributed by atoms with van der Waals surface area (Å²) in [6.45, 7) is 13.0. The van der Waals surface area contributed by atoms with Gasteiger partial charge in [0.25, 0.3) is 0 Å². The topological polar surface area (TPSA) is 32.8 Å². The van der Waals surface area contributed by atoms with Gasteiger partial charge < -0.3 is 4.74 Å². The summed E-state index contributed by atoms with van der Waals surface area (Å²) in [7, 11) is 3.59. The Labute approximate surface area is 111 Å². The Morgan fingerprint density at radius 3 is 2.39 bits per heavy atom. The lowest BCUT2D eigenvalue weighted by Gasteiger charge is -2.54. The van der Waals surface area contributed by atoms with Crippen LogP contribution in [0, 0.1) is 0 Å². The molecule has 18 heavy (non-hydrogen) atoms. The molecule has 0 amide bonds. The van der Waals surface area contributed by atoms with Crippen molar-refractivity contribution in [2.75, 3.05) is 27.2 Å². The van der Waals surface area contributed by atoms with Gasteiger partial charge in [-0.25, -0.2) is 0 Å². The highest BCUT2D eigenvalue weighted by Gasteiger charge is 2.41. The predicted octanol–water partition coefficient (Wildman–Crippen LogP) is 1.74. The third-order valence-corrected chi connectivity index (χ3v) is 4.01. The van der Waals surface area contributed by atoms with Crippen LogP contribution in [-0.2, 0) is 9.53 Å². The number of carbonyl (C=O) groups excluding carboxylic acids is 1. The number of methoxy groups -OCH3 is 1. The molecule has 1 unspecified atom stereocenters.